The fourth-order valence-electron chi connectivity index (χ4n) is 3.08. The van der Waals surface area contributed by atoms with Crippen LogP contribution >= 0.6 is 0 Å². The number of fused-ring (bicyclic) bond motifs is 2. The predicted molar refractivity (Wildman–Crippen MR) is 101 cm³/mol. The zero-order valence-corrected chi connectivity index (χ0v) is 14.6. The second-order valence-corrected chi connectivity index (χ2v) is 5.99. The minimum Gasteiger partial charge on any atom is -0.493 e. The van der Waals surface area contributed by atoms with Crippen LogP contribution in [-0.4, -0.2) is 22.1 Å². The Morgan fingerprint density at radius 3 is 2.81 bits per heavy atom. The second-order valence-electron chi connectivity index (χ2n) is 5.99. The maximum absolute atomic E-state index is 12.9. The summed E-state index contributed by atoms with van der Waals surface area (Å²) in [4.78, 5) is 17.2. The van der Waals surface area contributed by atoms with Crippen molar-refractivity contribution in [2.24, 2.45) is 7.05 Å². The van der Waals surface area contributed by atoms with E-state index in [2.05, 4.69) is 4.98 Å². The molecule has 0 saturated carbocycles. The van der Waals surface area contributed by atoms with Crippen molar-refractivity contribution in [1.82, 2.24) is 9.55 Å². The molecule has 0 fully saturated rings. The predicted octanol–water partition coefficient (Wildman–Crippen LogP) is 4.34. The van der Waals surface area contributed by atoms with Gasteiger partial charge in [-0.25, -0.2) is 9.78 Å². The summed E-state index contributed by atoms with van der Waals surface area (Å²) in [6.45, 7) is 2.36. The van der Waals surface area contributed by atoms with Gasteiger partial charge in [-0.05, 0) is 35.9 Å². The Hall–Kier alpha value is -3.34. The molecule has 0 unspecified atom stereocenters. The molecule has 0 aliphatic rings. The lowest BCUT2D eigenvalue weighted by molar-refractivity contribution is 0.0733. The van der Waals surface area contributed by atoms with E-state index in [4.69, 9.17) is 9.47 Å². The van der Waals surface area contributed by atoms with Crippen LogP contribution in [0.4, 0.5) is 0 Å². The fourth-order valence-corrected chi connectivity index (χ4v) is 3.08. The molecule has 130 valence electrons. The molecule has 0 saturated heterocycles. The normalized spacial score (nSPS) is 11.0. The van der Waals surface area contributed by atoms with Gasteiger partial charge in [-0.3, -0.25) is 0 Å². The lowest BCUT2D eigenvalue weighted by Gasteiger charge is -2.13. The van der Waals surface area contributed by atoms with Gasteiger partial charge in [-0.2, -0.15) is 0 Å². The Morgan fingerprint density at radius 1 is 1.12 bits per heavy atom. The number of aryl methyl sites for hydroxylation is 1. The standard InChI is InChI=1S/C21H18N2O3/c1-3-25-19-11-8-14-6-4-5-7-16(14)20(19)21(24)26-15-9-10-18-17(12-15)22-13-23(18)2/h4-13H,3H2,1-2H3. The number of rotatable bonds is 4. The van der Waals surface area contributed by atoms with E-state index >= 15 is 0 Å². The van der Waals surface area contributed by atoms with Gasteiger partial charge in [-0.15, -0.1) is 0 Å². The monoisotopic (exact) mass is 346 g/mol. The molecule has 4 rings (SSSR count). The van der Waals surface area contributed by atoms with Gasteiger partial charge in [0.2, 0.25) is 0 Å². The molecule has 1 heterocycles. The Morgan fingerprint density at radius 2 is 1.96 bits per heavy atom. The molecule has 0 atom stereocenters. The Labute approximate surface area is 150 Å². The van der Waals surface area contributed by atoms with Gasteiger partial charge < -0.3 is 14.0 Å². The zero-order valence-electron chi connectivity index (χ0n) is 14.6. The van der Waals surface area contributed by atoms with Crippen LogP contribution in [0.5, 0.6) is 11.5 Å². The molecule has 0 N–H and O–H groups in total. The molecule has 26 heavy (non-hydrogen) atoms. The van der Waals surface area contributed by atoms with Gasteiger partial charge in [-0.1, -0.05) is 30.3 Å². The number of benzene rings is 3. The van der Waals surface area contributed by atoms with Crippen LogP contribution in [-0.2, 0) is 7.05 Å². The highest BCUT2D eigenvalue weighted by Gasteiger charge is 2.19. The van der Waals surface area contributed by atoms with Crippen LogP contribution in [0, 0.1) is 0 Å². The molecular weight excluding hydrogens is 328 g/mol. The Kier molecular flexibility index (Phi) is 4.05. The van der Waals surface area contributed by atoms with Gasteiger partial charge in [0.1, 0.15) is 17.1 Å². The van der Waals surface area contributed by atoms with Gasteiger partial charge in [0.05, 0.1) is 24.0 Å². The van der Waals surface area contributed by atoms with Gasteiger partial charge >= 0.3 is 5.97 Å². The number of hydrogen-bond acceptors (Lipinski definition) is 4. The quantitative estimate of drug-likeness (QED) is 0.407. The van der Waals surface area contributed by atoms with Crippen molar-refractivity contribution in [3.05, 3.63) is 66.5 Å². The highest BCUT2D eigenvalue weighted by Crippen LogP contribution is 2.30. The number of carbonyl (C=O) groups is 1. The van der Waals surface area contributed by atoms with E-state index in [0.717, 1.165) is 21.8 Å². The van der Waals surface area contributed by atoms with Crippen molar-refractivity contribution in [2.45, 2.75) is 6.92 Å². The first-order valence-corrected chi connectivity index (χ1v) is 8.45. The summed E-state index contributed by atoms with van der Waals surface area (Å²) in [6, 6.07) is 16.9. The first-order chi connectivity index (χ1) is 12.7. The first-order valence-electron chi connectivity index (χ1n) is 8.45. The Balaban J connectivity index is 1.75. The fraction of sp³-hybridized carbons (Fsp3) is 0.143. The number of aromatic nitrogens is 2. The van der Waals surface area contributed by atoms with Gasteiger partial charge in [0.25, 0.3) is 0 Å². The van der Waals surface area contributed by atoms with E-state index in [1.165, 1.54) is 0 Å². The maximum atomic E-state index is 12.9. The molecule has 0 radical (unpaired) electrons. The SMILES string of the molecule is CCOc1ccc2ccccc2c1C(=O)Oc1ccc2c(c1)ncn2C. The van der Waals surface area contributed by atoms with Crippen molar-refractivity contribution in [3.8, 4) is 11.5 Å². The molecule has 0 bridgehead atoms. The van der Waals surface area contributed by atoms with Crippen LogP contribution in [0.2, 0.25) is 0 Å². The molecule has 5 nitrogen and oxygen atoms in total. The summed E-state index contributed by atoms with van der Waals surface area (Å²) < 4.78 is 13.2. The molecule has 5 heteroatoms. The maximum Gasteiger partial charge on any atom is 0.347 e. The first kappa shape index (κ1) is 16.1. The molecule has 3 aromatic carbocycles. The average Bonchev–Trinajstić information content (AvgIpc) is 3.02. The summed E-state index contributed by atoms with van der Waals surface area (Å²) in [6.07, 6.45) is 1.73. The largest absolute Gasteiger partial charge is 0.493 e. The molecule has 0 aliphatic carbocycles. The van der Waals surface area contributed by atoms with Crippen molar-refractivity contribution in [1.29, 1.82) is 0 Å². The minimum absolute atomic E-state index is 0.436. The second kappa shape index (κ2) is 6.52. The third-order valence-electron chi connectivity index (χ3n) is 4.30. The van der Waals surface area contributed by atoms with E-state index in [0.29, 0.717) is 23.7 Å². The number of hydrogen-bond donors (Lipinski definition) is 0. The average molecular weight is 346 g/mol. The van der Waals surface area contributed by atoms with Crippen LogP contribution in [0.3, 0.4) is 0 Å². The van der Waals surface area contributed by atoms with Crippen molar-refractivity contribution >= 4 is 27.8 Å². The van der Waals surface area contributed by atoms with E-state index in [1.807, 2.05) is 61.0 Å². The van der Waals surface area contributed by atoms with E-state index in [1.54, 1.807) is 18.5 Å². The Bertz CT molecular complexity index is 1110. The number of carbonyl (C=O) groups excluding carboxylic acids is 1. The van der Waals surface area contributed by atoms with Crippen molar-refractivity contribution < 1.29 is 14.3 Å². The number of esters is 1. The van der Waals surface area contributed by atoms with Crippen LogP contribution in [0.15, 0.2) is 60.9 Å². The minimum atomic E-state index is -0.444. The van der Waals surface area contributed by atoms with Gasteiger partial charge in [0.15, 0.2) is 0 Å². The third kappa shape index (κ3) is 2.77. The summed E-state index contributed by atoms with van der Waals surface area (Å²) in [5, 5.41) is 1.77. The lowest BCUT2D eigenvalue weighted by atomic mass is 10.0. The van der Waals surface area contributed by atoms with E-state index in [9.17, 15) is 4.79 Å². The topological polar surface area (TPSA) is 53.4 Å². The van der Waals surface area contributed by atoms with Crippen LogP contribution < -0.4 is 9.47 Å². The molecule has 0 amide bonds. The highest BCUT2D eigenvalue weighted by atomic mass is 16.5. The smallest absolute Gasteiger partial charge is 0.347 e. The molecule has 4 aromatic rings. The highest BCUT2D eigenvalue weighted by molar-refractivity contribution is 6.07. The van der Waals surface area contributed by atoms with E-state index < -0.39 is 5.97 Å². The number of ether oxygens (including phenoxy) is 2. The van der Waals surface area contributed by atoms with Gasteiger partial charge in [0, 0.05) is 13.1 Å². The summed E-state index contributed by atoms with van der Waals surface area (Å²) >= 11 is 0. The number of nitrogens with zero attached hydrogens (tertiary/aromatic N) is 2. The van der Waals surface area contributed by atoms with Crippen molar-refractivity contribution in [2.75, 3.05) is 6.61 Å². The summed E-state index contributed by atoms with van der Waals surface area (Å²) in [5.74, 6) is 0.534. The zero-order chi connectivity index (χ0) is 18.1. The molecule has 0 spiro atoms. The van der Waals surface area contributed by atoms with Crippen LogP contribution in [0.25, 0.3) is 21.8 Å². The van der Waals surface area contributed by atoms with E-state index in [-0.39, 0.29) is 0 Å². The van der Waals surface area contributed by atoms with Crippen molar-refractivity contribution in [3.63, 3.8) is 0 Å². The summed E-state index contributed by atoms with van der Waals surface area (Å²) in [7, 11) is 1.92. The van der Waals surface area contributed by atoms with Crippen LogP contribution in [0.1, 0.15) is 17.3 Å². The molecular formula is C21H18N2O3. The number of imidazole rings is 1. The molecule has 0 aliphatic heterocycles. The molecule has 1 aromatic heterocycles. The third-order valence-corrected chi connectivity index (χ3v) is 4.30. The lowest BCUT2D eigenvalue weighted by Crippen LogP contribution is -2.11. The summed E-state index contributed by atoms with van der Waals surface area (Å²) in [5.41, 5.74) is 2.19.